The molecule has 102 valence electrons. The average Bonchev–Trinajstić information content (AvgIpc) is 2.63. The number of aromatic nitrogens is 2. The van der Waals surface area contributed by atoms with E-state index in [9.17, 15) is 5.11 Å². The molecule has 2 unspecified atom stereocenters. The summed E-state index contributed by atoms with van der Waals surface area (Å²) in [6.07, 6.45) is 2.86. The average molecular weight is 250 g/mol. The first-order valence-electron chi connectivity index (χ1n) is 7.23. The molecule has 1 aromatic heterocycles. The lowest BCUT2D eigenvalue weighted by Gasteiger charge is -2.53. The van der Waals surface area contributed by atoms with E-state index in [2.05, 4.69) is 44.4 Å². The Morgan fingerprint density at radius 3 is 2.28 bits per heavy atom. The van der Waals surface area contributed by atoms with Crippen molar-refractivity contribution in [2.45, 2.75) is 72.4 Å². The van der Waals surface area contributed by atoms with Gasteiger partial charge in [0.1, 0.15) is 0 Å². The zero-order valence-corrected chi connectivity index (χ0v) is 12.3. The molecule has 2 rings (SSSR count). The summed E-state index contributed by atoms with van der Waals surface area (Å²) in [6.45, 7) is 11.7. The van der Waals surface area contributed by atoms with E-state index in [4.69, 9.17) is 0 Å². The number of rotatable bonds is 4. The van der Waals surface area contributed by atoms with Crippen LogP contribution in [-0.4, -0.2) is 21.0 Å². The van der Waals surface area contributed by atoms with Gasteiger partial charge in [-0.15, -0.1) is 0 Å². The van der Waals surface area contributed by atoms with Crippen LogP contribution in [0.25, 0.3) is 0 Å². The van der Waals surface area contributed by atoms with Gasteiger partial charge in [0.15, 0.2) is 0 Å². The summed E-state index contributed by atoms with van der Waals surface area (Å²) < 4.78 is 2.09. The van der Waals surface area contributed by atoms with Crippen LogP contribution >= 0.6 is 0 Å². The topological polar surface area (TPSA) is 38.0 Å². The molecule has 0 bridgehead atoms. The lowest BCUT2D eigenvalue weighted by molar-refractivity contribution is -0.0935. The lowest BCUT2D eigenvalue weighted by atomic mass is 9.53. The van der Waals surface area contributed by atoms with E-state index < -0.39 is 0 Å². The standard InChI is InChI=1S/C15H26N2O/c1-6-15(7-2)12(9-13(15)18)14-10(4)16-17(8-3)11(14)5/h12-13,18H,6-9H2,1-5H3. The van der Waals surface area contributed by atoms with E-state index in [1.54, 1.807) is 0 Å². The molecular weight excluding hydrogens is 224 g/mol. The molecule has 0 spiro atoms. The number of hydrogen-bond donors (Lipinski definition) is 1. The first-order valence-corrected chi connectivity index (χ1v) is 7.23. The first kappa shape index (κ1) is 13.6. The number of aliphatic hydroxyl groups excluding tert-OH is 1. The lowest BCUT2D eigenvalue weighted by Crippen LogP contribution is -2.51. The van der Waals surface area contributed by atoms with Crippen molar-refractivity contribution in [2.24, 2.45) is 5.41 Å². The zero-order chi connectivity index (χ0) is 13.5. The molecule has 0 saturated heterocycles. The molecule has 1 heterocycles. The quantitative estimate of drug-likeness (QED) is 0.891. The van der Waals surface area contributed by atoms with Gasteiger partial charge >= 0.3 is 0 Å². The molecular formula is C15H26N2O. The van der Waals surface area contributed by atoms with Crippen LogP contribution in [0.15, 0.2) is 0 Å². The molecule has 1 N–H and O–H groups in total. The molecule has 1 fully saturated rings. The van der Waals surface area contributed by atoms with Crippen molar-refractivity contribution in [3.05, 3.63) is 17.0 Å². The fourth-order valence-electron chi connectivity index (χ4n) is 3.91. The van der Waals surface area contributed by atoms with Gasteiger partial charge in [-0.3, -0.25) is 4.68 Å². The molecule has 1 aliphatic rings. The molecule has 1 aliphatic carbocycles. The van der Waals surface area contributed by atoms with Crippen LogP contribution in [0.5, 0.6) is 0 Å². The van der Waals surface area contributed by atoms with Crippen molar-refractivity contribution >= 4 is 0 Å². The van der Waals surface area contributed by atoms with Gasteiger partial charge in [-0.05, 0) is 51.5 Å². The summed E-state index contributed by atoms with van der Waals surface area (Å²) in [4.78, 5) is 0. The molecule has 3 nitrogen and oxygen atoms in total. The molecule has 18 heavy (non-hydrogen) atoms. The molecule has 0 amide bonds. The third kappa shape index (κ3) is 1.63. The summed E-state index contributed by atoms with van der Waals surface area (Å²) in [6, 6.07) is 0. The predicted molar refractivity (Wildman–Crippen MR) is 73.8 cm³/mol. The molecule has 1 aromatic rings. The van der Waals surface area contributed by atoms with Crippen molar-refractivity contribution < 1.29 is 5.11 Å². The highest BCUT2D eigenvalue weighted by molar-refractivity contribution is 5.34. The molecule has 0 radical (unpaired) electrons. The van der Waals surface area contributed by atoms with Crippen LogP contribution in [0.1, 0.15) is 62.9 Å². The third-order valence-electron chi connectivity index (χ3n) is 5.22. The second-order valence-corrected chi connectivity index (χ2v) is 5.64. The Balaban J connectivity index is 2.41. The van der Waals surface area contributed by atoms with Gasteiger partial charge in [0, 0.05) is 17.7 Å². The maximum Gasteiger partial charge on any atom is 0.0631 e. The highest BCUT2D eigenvalue weighted by atomic mass is 16.3. The Morgan fingerprint density at radius 1 is 1.28 bits per heavy atom. The monoisotopic (exact) mass is 250 g/mol. The maximum atomic E-state index is 10.2. The van der Waals surface area contributed by atoms with Crippen LogP contribution in [0.4, 0.5) is 0 Å². The number of hydrogen-bond acceptors (Lipinski definition) is 2. The minimum absolute atomic E-state index is 0.0805. The van der Waals surface area contributed by atoms with E-state index in [-0.39, 0.29) is 11.5 Å². The van der Waals surface area contributed by atoms with Crippen molar-refractivity contribution in [2.75, 3.05) is 0 Å². The minimum atomic E-state index is -0.138. The Bertz CT molecular complexity index is 432. The van der Waals surface area contributed by atoms with Crippen molar-refractivity contribution in [3.8, 4) is 0 Å². The highest BCUT2D eigenvalue weighted by Gasteiger charge is 2.53. The third-order valence-corrected chi connectivity index (χ3v) is 5.22. The van der Waals surface area contributed by atoms with Crippen LogP contribution < -0.4 is 0 Å². The first-order chi connectivity index (χ1) is 8.51. The summed E-state index contributed by atoms with van der Waals surface area (Å²) in [5, 5.41) is 14.8. The molecule has 1 saturated carbocycles. The van der Waals surface area contributed by atoms with Crippen LogP contribution in [0.3, 0.4) is 0 Å². The van der Waals surface area contributed by atoms with E-state index >= 15 is 0 Å². The van der Waals surface area contributed by atoms with Gasteiger partial charge in [-0.1, -0.05) is 13.8 Å². The van der Waals surface area contributed by atoms with Gasteiger partial charge in [0.25, 0.3) is 0 Å². The summed E-state index contributed by atoms with van der Waals surface area (Å²) in [5.41, 5.74) is 3.92. The van der Waals surface area contributed by atoms with Crippen molar-refractivity contribution in [1.82, 2.24) is 9.78 Å². The number of nitrogens with zero attached hydrogens (tertiary/aromatic N) is 2. The maximum absolute atomic E-state index is 10.2. The van der Waals surface area contributed by atoms with Crippen LogP contribution in [0.2, 0.25) is 0 Å². The van der Waals surface area contributed by atoms with E-state index in [0.29, 0.717) is 5.92 Å². The summed E-state index contributed by atoms with van der Waals surface area (Å²) in [7, 11) is 0. The van der Waals surface area contributed by atoms with Gasteiger partial charge in [0.2, 0.25) is 0 Å². The molecule has 0 aliphatic heterocycles. The van der Waals surface area contributed by atoms with E-state index in [1.807, 2.05) is 0 Å². The predicted octanol–water partition coefficient (Wildman–Crippen LogP) is 3.17. The van der Waals surface area contributed by atoms with E-state index in [0.717, 1.165) is 31.5 Å². The van der Waals surface area contributed by atoms with Gasteiger partial charge < -0.3 is 5.11 Å². The second kappa shape index (κ2) is 4.69. The zero-order valence-electron chi connectivity index (χ0n) is 12.3. The van der Waals surface area contributed by atoms with Gasteiger partial charge in [0.05, 0.1) is 11.8 Å². The Kier molecular flexibility index (Phi) is 3.54. The summed E-state index contributed by atoms with van der Waals surface area (Å²) in [5.74, 6) is 0.489. The fourth-order valence-corrected chi connectivity index (χ4v) is 3.91. The second-order valence-electron chi connectivity index (χ2n) is 5.64. The Labute approximate surface area is 110 Å². The molecule has 2 atom stereocenters. The smallest absolute Gasteiger partial charge is 0.0631 e. The van der Waals surface area contributed by atoms with Gasteiger partial charge in [-0.25, -0.2) is 0 Å². The van der Waals surface area contributed by atoms with Crippen molar-refractivity contribution in [3.63, 3.8) is 0 Å². The SMILES string of the molecule is CCn1nc(C)c(C2CC(O)C2(CC)CC)c1C. The van der Waals surface area contributed by atoms with Crippen molar-refractivity contribution in [1.29, 1.82) is 0 Å². The molecule has 3 heteroatoms. The molecule has 0 aromatic carbocycles. The van der Waals surface area contributed by atoms with Crippen LogP contribution in [-0.2, 0) is 6.54 Å². The van der Waals surface area contributed by atoms with Gasteiger partial charge in [-0.2, -0.15) is 5.10 Å². The largest absolute Gasteiger partial charge is 0.393 e. The number of aryl methyl sites for hydroxylation is 2. The number of aliphatic hydroxyl groups is 1. The normalized spacial score (nSPS) is 26.1. The van der Waals surface area contributed by atoms with Crippen LogP contribution in [0, 0.1) is 19.3 Å². The highest BCUT2D eigenvalue weighted by Crippen LogP contribution is 2.58. The van der Waals surface area contributed by atoms with E-state index in [1.165, 1.54) is 11.3 Å². The minimum Gasteiger partial charge on any atom is -0.393 e. The fraction of sp³-hybridized carbons (Fsp3) is 0.800. The Morgan fingerprint density at radius 2 is 1.89 bits per heavy atom. The summed E-state index contributed by atoms with van der Waals surface area (Å²) >= 11 is 0. The Hall–Kier alpha value is -0.830.